The number of likely N-dealkylation sites (tertiary alicyclic amines) is 1. The highest BCUT2D eigenvalue weighted by atomic mass is 19.1. The van der Waals surface area contributed by atoms with Crippen molar-refractivity contribution in [2.75, 3.05) is 13.1 Å². The number of aliphatic carboxylic acids is 1. The molecule has 0 bridgehead atoms. The molecule has 5 aromatic rings. The Morgan fingerprint density at radius 1 is 1.04 bits per heavy atom. The van der Waals surface area contributed by atoms with Crippen LogP contribution in [0.4, 0.5) is 8.78 Å². The van der Waals surface area contributed by atoms with Crippen molar-refractivity contribution in [2.24, 2.45) is 0 Å². The van der Waals surface area contributed by atoms with Gasteiger partial charge in [-0.1, -0.05) is 6.07 Å². The molecule has 5 heterocycles. The molecule has 0 atom stereocenters. The summed E-state index contributed by atoms with van der Waals surface area (Å²) in [4.78, 5) is 32.0. The molecule has 6 rings (SSSR count). The molecule has 1 N–H and O–H groups in total. The SMILES string of the molecule is CCn1cncc1Cn1c(CN2CCC(Oc3ccc(F)c(COc4ccc(C)cc4F)n3)CC2)nc2ccc(/C(C)=C/C(=O)O)nc21. The number of carbonyl (C=O) groups is 1. The Kier molecular flexibility index (Phi) is 9.76. The van der Waals surface area contributed by atoms with E-state index in [2.05, 4.69) is 30.9 Å². The zero-order chi connectivity index (χ0) is 33.8. The van der Waals surface area contributed by atoms with Gasteiger partial charge >= 0.3 is 5.97 Å². The number of imidazole rings is 2. The normalized spacial score (nSPS) is 14.5. The molecule has 250 valence electrons. The van der Waals surface area contributed by atoms with E-state index in [-0.39, 0.29) is 24.2 Å². The van der Waals surface area contributed by atoms with E-state index in [4.69, 9.17) is 19.4 Å². The van der Waals surface area contributed by atoms with Gasteiger partial charge in [0, 0.05) is 38.0 Å². The summed E-state index contributed by atoms with van der Waals surface area (Å²) in [6.07, 6.45) is 6.12. The zero-order valence-corrected chi connectivity index (χ0v) is 27.1. The topological polar surface area (TPSA) is 120 Å². The van der Waals surface area contributed by atoms with Crippen LogP contribution in [0.1, 0.15) is 55.2 Å². The maximum absolute atomic E-state index is 14.5. The van der Waals surface area contributed by atoms with Crippen LogP contribution in [0.2, 0.25) is 0 Å². The number of nitrogens with zero attached hydrogens (tertiary/aromatic N) is 7. The highest BCUT2D eigenvalue weighted by Crippen LogP contribution is 2.25. The Hall–Kier alpha value is -5.17. The van der Waals surface area contributed by atoms with Crippen LogP contribution in [0.5, 0.6) is 11.6 Å². The quantitative estimate of drug-likeness (QED) is 0.166. The number of piperidine rings is 1. The van der Waals surface area contributed by atoms with Crippen molar-refractivity contribution >= 4 is 22.7 Å². The molecule has 13 heteroatoms. The molecule has 48 heavy (non-hydrogen) atoms. The molecule has 1 fully saturated rings. The van der Waals surface area contributed by atoms with Crippen LogP contribution in [-0.4, -0.2) is 64.2 Å². The molecule has 4 aromatic heterocycles. The van der Waals surface area contributed by atoms with Gasteiger partial charge in [0.15, 0.2) is 17.2 Å². The summed E-state index contributed by atoms with van der Waals surface area (Å²) >= 11 is 0. The molecule has 1 aliphatic heterocycles. The Balaban J connectivity index is 1.14. The summed E-state index contributed by atoms with van der Waals surface area (Å²) in [7, 11) is 0. The van der Waals surface area contributed by atoms with E-state index in [0.717, 1.165) is 61.2 Å². The smallest absolute Gasteiger partial charge is 0.328 e. The molecule has 0 spiro atoms. The number of carboxylic acid groups (broad SMARTS) is 1. The van der Waals surface area contributed by atoms with Crippen LogP contribution in [-0.2, 0) is 31.0 Å². The zero-order valence-electron chi connectivity index (χ0n) is 27.1. The maximum Gasteiger partial charge on any atom is 0.328 e. The third-order valence-electron chi connectivity index (χ3n) is 8.41. The molecule has 11 nitrogen and oxygen atoms in total. The molecule has 0 aliphatic carbocycles. The van der Waals surface area contributed by atoms with Gasteiger partial charge in [0.2, 0.25) is 5.88 Å². The second-order valence-electron chi connectivity index (χ2n) is 11.9. The average molecular weight is 658 g/mol. The fourth-order valence-corrected chi connectivity index (χ4v) is 5.80. The summed E-state index contributed by atoms with van der Waals surface area (Å²) in [5.74, 6) is -0.923. The lowest BCUT2D eigenvalue weighted by Crippen LogP contribution is -2.38. The van der Waals surface area contributed by atoms with Gasteiger partial charge in [0.05, 0.1) is 30.8 Å². The minimum Gasteiger partial charge on any atom is -0.484 e. The van der Waals surface area contributed by atoms with Crippen LogP contribution in [0, 0.1) is 18.6 Å². The van der Waals surface area contributed by atoms with Gasteiger partial charge in [-0.15, -0.1) is 0 Å². The lowest BCUT2D eigenvalue weighted by atomic mass is 10.1. The number of aryl methyl sites for hydroxylation is 2. The van der Waals surface area contributed by atoms with E-state index < -0.39 is 17.6 Å². The second kappa shape index (κ2) is 14.3. The fourth-order valence-electron chi connectivity index (χ4n) is 5.80. The number of carboxylic acids is 1. The third kappa shape index (κ3) is 7.52. The van der Waals surface area contributed by atoms with Crippen molar-refractivity contribution in [1.82, 2.24) is 34.0 Å². The van der Waals surface area contributed by atoms with E-state index in [1.807, 2.05) is 12.3 Å². The lowest BCUT2D eigenvalue weighted by molar-refractivity contribution is -0.131. The first-order valence-corrected chi connectivity index (χ1v) is 15.9. The van der Waals surface area contributed by atoms with Crippen molar-refractivity contribution in [3.63, 3.8) is 0 Å². The fraction of sp³-hybridized carbons (Fsp3) is 0.343. The number of aromatic nitrogens is 6. The minimum atomic E-state index is -1.03. The monoisotopic (exact) mass is 657 g/mol. The number of hydrogen-bond donors (Lipinski definition) is 1. The molecular formula is C35H37F2N7O4. The Bertz CT molecular complexity index is 1960. The summed E-state index contributed by atoms with van der Waals surface area (Å²) in [6, 6.07) is 11.0. The van der Waals surface area contributed by atoms with Crippen molar-refractivity contribution < 1.29 is 28.2 Å². The highest BCUT2D eigenvalue weighted by molar-refractivity contribution is 5.89. The van der Waals surface area contributed by atoms with Crippen LogP contribution in [0.3, 0.4) is 0 Å². The van der Waals surface area contributed by atoms with E-state index in [9.17, 15) is 18.7 Å². The van der Waals surface area contributed by atoms with Crippen molar-refractivity contribution in [1.29, 1.82) is 0 Å². The molecule has 0 saturated carbocycles. The largest absolute Gasteiger partial charge is 0.484 e. The van der Waals surface area contributed by atoms with Gasteiger partial charge in [0.1, 0.15) is 35.6 Å². The number of hydrogen-bond acceptors (Lipinski definition) is 8. The predicted molar refractivity (Wildman–Crippen MR) is 174 cm³/mol. The first-order chi connectivity index (χ1) is 23.2. The number of allylic oxidation sites excluding steroid dienone is 1. The lowest BCUT2D eigenvalue weighted by Gasteiger charge is -2.31. The maximum atomic E-state index is 14.5. The summed E-state index contributed by atoms with van der Waals surface area (Å²) in [5.41, 5.74) is 4.34. The van der Waals surface area contributed by atoms with Crippen molar-refractivity contribution in [3.05, 3.63) is 101 Å². The number of halogens is 2. The van der Waals surface area contributed by atoms with Gasteiger partial charge in [0.25, 0.3) is 0 Å². The molecule has 1 saturated heterocycles. The Morgan fingerprint density at radius 2 is 1.85 bits per heavy atom. The first-order valence-electron chi connectivity index (χ1n) is 15.9. The summed E-state index contributed by atoms with van der Waals surface area (Å²) in [5, 5.41) is 9.25. The Labute approximate surface area is 276 Å². The summed E-state index contributed by atoms with van der Waals surface area (Å²) < 4.78 is 44.5. The third-order valence-corrected chi connectivity index (χ3v) is 8.41. The van der Waals surface area contributed by atoms with Crippen LogP contribution in [0.25, 0.3) is 16.7 Å². The van der Waals surface area contributed by atoms with Gasteiger partial charge in [-0.2, -0.15) is 0 Å². The van der Waals surface area contributed by atoms with Crippen LogP contribution >= 0.6 is 0 Å². The average Bonchev–Trinajstić information content (AvgIpc) is 3.66. The van der Waals surface area contributed by atoms with Gasteiger partial charge in [-0.25, -0.2) is 33.5 Å². The molecule has 0 radical (unpaired) electrons. The Morgan fingerprint density at radius 3 is 2.60 bits per heavy atom. The molecular weight excluding hydrogens is 620 g/mol. The highest BCUT2D eigenvalue weighted by Gasteiger charge is 2.24. The van der Waals surface area contributed by atoms with E-state index in [1.165, 1.54) is 24.3 Å². The van der Waals surface area contributed by atoms with E-state index in [1.54, 1.807) is 32.3 Å². The van der Waals surface area contributed by atoms with Crippen LogP contribution < -0.4 is 9.47 Å². The molecule has 1 aliphatic rings. The van der Waals surface area contributed by atoms with Gasteiger partial charge < -0.3 is 23.7 Å². The van der Waals surface area contributed by atoms with Crippen LogP contribution in [0.15, 0.2) is 61.1 Å². The number of benzene rings is 1. The van der Waals surface area contributed by atoms with Crippen molar-refractivity contribution in [2.45, 2.75) is 66.0 Å². The number of pyridine rings is 2. The predicted octanol–water partition coefficient (Wildman–Crippen LogP) is 5.79. The van der Waals surface area contributed by atoms with E-state index >= 15 is 0 Å². The minimum absolute atomic E-state index is 0.0337. The van der Waals surface area contributed by atoms with Gasteiger partial charge in [-0.05, 0) is 75.1 Å². The molecule has 0 amide bonds. The van der Waals surface area contributed by atoms with Gasteiger partial charge in [-0.3, -0.25) is 4.90 Å². The molecule has 0 unspecified atom stereocenters. The second-order valence-corrected chi connectivity index (χ2v) is 11.9. The molecule has 1 aromatic carbocycles. The summed E-state index contributed by atoms with van der Waals surface area (Å²) in [6.45, 7) is 8.67. The standard InChI is InChI=1S/C35H37F2N7O4/c1-4-43-21-38-17-24(43)18-44-32(39-29-8-7-28(41-35(29)44)23(3)16-34(45)46)19-42-13-11-25(12-14-42)48-33-10-6-26(36)30(40-33)20-47-31-9-5-22(2)15-27(31)37/h5-10,15-17,21,25H,4,11-14,18-20H2,1-3H3,(H,45,46)/b23-16+. The number of ether oxygens (including phenoxy) is 2. The number of rotatable bonds is 12. The number of fused-ring (bicyclic) bond motifs is 1. The van der Waals surface area contributed by atoms with E-state index in [0.29, 0.717) is 35.9 Å². The van der Waals surface area contributed by atoms with Crippen molar-refractivity contribution in [3.8, 4) is 11.6 Å². The first kappa shape index (κ1) is 32.8.